The zero-order valence-corrected chi connectivity index (χ0v) is 8.15. The number of ketones is 1. The molecular weight excluding hydrogens is 168 g/mol. The van der Waals surface area contributed by atoms with Crippen molar-refractivity contribution in [2.24, 2.45) is 7.05 Å². The van der Waals surface area contributed by atoms with E-state index in [1.807, 2.05) is 6.92 Å². The molecule has 1 heterocycles. The van der Waals surface area contributed by atoms with Crippen LogP contribution >= 0.6 is 0 Å². The summed E-state index contributed by atoms with van der Waals surface area (Å²) in [6, 6.07) is 0. The lowest BCUT2D eigenvalue weighted by molar-refractivity contribution is 0.0520. The van der Waals surface area contributed by atoms with Crippen LogP contribution in [-0.2, 0) is 11.8 Å². The van der Waals surface area contributed by atoms with Crippen molar-refractivity contribution in [2.75, 3.05) is 6.61 Å². The number of carbonyl (C=O) groups is 1. The summed E-state index contributed by atoms with van der Waals surface area (Å²) >= 11 is 0. The molecule has 0 saturated carbocycles. The molecule has 0 bridgehead atoms. The van der Waals surface area contributed by atoms with Gasteiger partial charge < -0.3 is 4.74 Å². The van der Waals surface area contributed by atoms with Gasteiger partial charge in [0.2, 0.25) is 0 Å². The van der Waals surface area contributed by atoms with E-state index < -0.39 is 0 Å². The standard InChI is InChI=1S/C9H14N2O2/c1-4-13-7(2)9(12)8-5-10-11(3)6-8/h5-7H,4H2,1-3H3. The van der Waals surface area contributed by atoms with Crippen LogP contribution < -0.4 is 0 Å². The number of aryl methyl sites for hydroxylation is 1. The Bertz CT molecular complexity index is 294. The van der Waals surface area contributed by atoms with E-state index in [4.69, 9.17) is 4.74 Å². The van der Waals surface area contributed by atoms with Gasteiger partial charge in [0.15, 0.2) is 5.78 Å². The molecule has 13 heavy (non-hydrogen) atoms. The normalized spacial score (nSPS) is 12.8. The number of Topliss-reactive ketones (excluding diaryl/α,β-unsaturated/α-hetero) is 1. The predicted octanol–water partition coefficient (Wildman–Crippen LogP) is 1.03. The summed E-state index contributed by atoms with van der Waals surface area (Å²) in [4.78, 5) is 11.6. The number of ether oxygens (including phenoxy) is 1. The maximum Gasteiger partial charge on any atom is 0.194 e. The Balaban J connectivity index is 2.67. The molecule has 0 spiro atoms. The molecule has 0 saturated heterocycles. The SMILES string of the molecule is CCOC(C)C(=O)c1cnn(C)c1. The Morgan fingerprint density at radius 2 is 2.46 bits per heavy atom. The van der Waals surface area contributed by atoms with E-state index in [2.05, 4.69) is 5.10 Å². The molecule has 0 aromatic carbocycles. The number of nitrogens with zero attached hydrogens (tertiary/aromatic N) is 2. The highest BCUT2D eigenvalue weighted by atomic mass is 16.5. The quantitative estimate of drug-likeness (QED) is 0.653. The van der Waals surface area contributed by atoms with Crippen LogP contribution in [0.2, 0.25) is 0 Å². The average molecular weight is 182 g/mol. The van der Waals surface area contributed by atoms with Crippen molar-refractivity contribution in [3.63, 3.8) is 0 Å². The number of hydrogen-bond donors (Lipinski definition) is 0. The fourth-order valence-electron chi connectivity index (χ4n) is 1.11. The molecule has 0 aliphatic heterocycles. The second-order valence-corrected chi connectivity index (χ2v) is 2.86. The van der Waals surface area contributed by atoms with E-state index >= 15 is 0 Å². The molecular formula is C9H14N2O2. The van der Waals surface area contributed by atoms with Gasteiger partial charge in [-0.05, 0) is 13.8 Å². The molecule has 1 aromatic heterocycles. The molecule has 4 heteroatoms. The Morgan fingerprint density at radius 1 is 1.77 bits per heavy atom. The predicted molar refractivity (Wildman–Crippen MR) is 48.6 cm³/mol. The fourth-order valence-corrected chi connectivity index (χ4v) is 1.11. The van der Waals surface area contributed by atoms with E-state index in [0.717, 1.165) is 0 Å². The Hall–Kier alpha value is -1.16. The largest absolute Gasteiger partial charge is 0.371 e. The van der Waals surface area contributed by atoms with E-state index in [1.165, 1.54) is 0 Å². The minimum atomic E-state index is -0.380. The number of rotatable bonds is 4. The molecule has 1 aromatic rings. The lowest BCUT2D eigenvalue weighted by atomic mass is 10.1. The maximum absolute atomic E-state index is 11.6. The Kier molecular flexibility index (Phi) is 3.19. The van der Waals surface area contributed by atoms with Crippen molar-refractivity contribution in [1.29, 1.82) is 0 Å². The van der Waals surface area contributed by atoms with E-state index in [-0.39, 0.29) is 11.9 Å². The van der Waals surface area contributed by atoms with Crippen LogP contribution in [0.15, 0.2) is 12.4 Å². The number of hydrogen-bond acceptors (Lipinski definition) is 3. The van der Waals surface area contributed by atoms with E-state index in [0.29, 0.717) is 12.2 Å². The van der Waals surface area contributed by atoms with Crippen molar-refractivity contribution in [2.45, 2.75) is 20.0 Å². The monoisotopic (exact) mass is 182 g/mol. The minimum Gasteiger partial charge on any atom is -0.371 e. The number of carbonyl (C=O) groups excluding carboxylic acids is 1. The van der Waals surface area contributed by atoms with Gasteiger partial charge in [0.05, 0.1) is 11.8 Å². The van der Waals surface area contributed by atoms with Crippen LogP contribution in [0.3, 0.4) is 0 Å². The summed E-state index contributed by atoms with van der Waals surface area (Å²) in [5, 5.41) is 3.92. The van der Waals surface area contributed by atoms with E-state index in [1.54, 1.807) is 31.0 Å². The summed E-state index contributed by atoms with van der Waals surface area (Å²) in [6.07, 6.45) is 2.87. The van der Waals surface area contributed by atoms with Crippen LogP contribution in [0.4, 0.5) is 0 Å². The van der Waals surface area contributed by atoms with Gasteiger partial charge in [-0.25, -0.2) is 0 Å². The van der Waals surface area contributed by atoms with Gasteiger partial charge in [-0.3, -0.25) is 9.48 Å². The smallest absolute Gasteiger partial charge is 0.194 e. The van der Waals surface area contributed by atoms with Crippen molar-refractivity contribution < 1.29 is 9.53 Å². The Morgan fingerprint density at radius 3 is 2.92 bits per heavy atom. The summed E-state index contributed by atoms with van der Waals surface area (Å²) in [6.45, 7) is 4.17. The lowest BCUT2D eigenvalue weighted by Crippen LogP contribution is -2.20. The highest BCUT2D eigenvalue weighted by Crippen LogP contribution is 2.04. The summed E-state index contributed by atoms with van der Waals surface area (Å²) in [5.74, 6) is -0.0186. The molecule has 1 atom stereocenters. The molecule has 72 valence electrons. The van der Waals surface area contributed by atoms with Crippen molar-refractivity contribution in [3.8, 4) is 0 Å². The summed E-state index contributed by atoms with van der Waals surface area (Å²) in [7, 11) is 1.78. The number of aromatic nitrogens is 2. The zero-order valence-electron chi connectivity index (χ0n) is 8.15. The molecule has 0 amide bonds. The molecule has 0 radical (unpaired) electrons. The third-order valence-electron chi connectivity index (χ3n) is 1.78. The molecule has 0 aliphatic rings. The topological polar surface area (TPSA) is 44.1 Å². The van der Waals surface area contributed by atoms with Crippen LogP contribution in [0, 0.1) is 0 Å². The molecule has 4 nitrogen and oxygen atoms in total. The van der Waals surface area contributed by atoms with E-state index in [9.17, 15) is 4.79 Å². The van der Waals surface area contributed by atoms with Crippen molar-refractivity contribution in [3.05, 3.63) is 18.0 Å². The first-order valence-electron chi connectivity index (χ1n) is 4.29. The van der Waals surface area contributed by atoms with Crippen LogP contribution in [0.5, 0.6) is 0 Å². The highest BCUT2D eigenvalue weighted by Gasteiger charge is 2.16. The van der Waals surface area contributed by atoms with Gasteiger partial charge in [0.1, 0.15) is 6.10 Å². The second-order valence-electron chi connectivity index (χ2n) is 2.86. The highest BCUT2D eigenvalue weighted by molar-refractivity contribution is 5.98. The molecule has 0 N–H and O–H groups in total. The summed E-state index contributed by atoms with van der Waals surface area (Å²) in [5.41, 5.74) is 0.600. The first-order valence-corrected chi connectivity index (χ1v) is 4.29. The van der Waals surface area contributed by atoms with Gasteiger partial charge in [-0.1, -0.05) is 0 Å². The third-order valence-corrected chi connectivity index (χ3v) is 1.78. The second kappa shape index (κ2) is 4.18. The molecule has 0 fully saturated rings. The van der Waals surface area contributed by atoms with Gasteiger partial charge in [0, 0.05) is 19.9 Å². The molecule has 1 rings (SSSR count). The van der Waals surface area contributed by atoms with Crippen molar-refractivity contribution >= 4 is 5.78 Å². The van der Waals surface area contributed by atoms with Gasteiger partial charge >= 0.3 is 0 Å². The maximum atomic E-state index is 11.6. The zero-order chi connectivity index (χ0) is 9.84. The first kappa shape index (κ1) is 9.92. The fraction of sp³-hybridized carbons (Fsp3) is 0.556. The molecule has 0 aliphatic carbocycles. The van der Waals surface area contributed by atoms with Crippen molar-refractivity contribution in [1.82, 2.24) is 9.78 Å². The third kappa shape index (κ3) is 2.39. The lowest BCUT2D eigenvalue weighted by Gasteiger charge is -2.07. The van der Waals surface area contributed by atoms with Crippen LogP contribution in [-0.4, -0.2) is 28.3 Å². The first-order chi connectivity index (χ1) is 6.15. The van der Waals surface area contributed by atoms with Gasteiger partial charge in [0.25, 0.3) is 0 Å². The van der Waals surface area contributed by atoms with Gasteiger partial charge in [-0.15, -0.1) is 0 Å². The van der Waals surface area contributed by atoms with Crippen LogP contribution in [0.25, 0.3) is 0 Å². The van der Waals surface area contributed by atoms with Crippen LogP contribution in [0.1, 0.15) is 24.2 Å². The minimum absolute atomic E-state index is 0.0186. The van der Waals surface area contributed by atoms with Gasteiger partial charge in [-0.2, -0.15) is 5.10 Å². The molecule has 1 unspecified atom stereocenters. The average Bonchev–Trinajstić information content (AvgIpc) is 2.51. The Labute approximate surface area is 77.5 Å². The summed E-state index contributed by atoms with van der Waals surface area (Å²) < 4.78 is 6.78.